The number of anilines is 1. The number of hydrogen-bond acceptors (Lipinski definition) is 4. The van der Waals surface area contributed by atoms with Crippen LogP contribution in [-0.2, 0) is 17.6 Å². The molecule has 1 amide bonds. The number of imidazole rings is 1. The third kappa shape index (κ3) is 5.20. The Morgan fingerprint density at radius 1 is 1.00 bits per heavy atom. The van der Waals surface area contributed by atoms with E-state index in [0.29, 0.717) is 41.8 Å². The number of aromatic nitrogens is 4. The van der Waals surface area contributed by atoms with Crippen molar-refractivity contribution in [2.24, 2.45) is 0 Å². The summed E-state index contributed by atoms with van der Waals surface area (Å²) < 4.78 is 0. The number of halogens is 1. The Kier molecular flexibility index (Phi) is 6.50. The average molecular weight is 485 g/mol. The maximum atomic E-state index is 12.9. The van der Waals surface area contributed by atoms with Crippen LogP contribution in [0.15, 0.2) is 78.9 Å². The minimum atomic E-state index is -0.363. The summed E-state index contributed by atoms with van der Waals surface area (Å²) >= 11 is 6.58. The predicted molar refractivity (Wildman–Crippen MR) is 139 cm³/mol. The largest absolute Gasteiger partial charge is 0.382 e. The van der Waals surface area contributed by atoms with Gasteiger partial charge in [-0.05, 0) is 36.1 Å². The molecule has 0 spiro atoms. The van der Waals surface area contributed by atoms with Gasteiger partial charge in [0.1, 0.15) is 16.7 Å². The summed E-state index contributed by atoms with van der Waals surface area (Å²) in [5.41, 5.74) is 10.3. The average Bonchev–Trinajstić information content (AvgIpc) is 3.46. The number of nitrogen functional groups attached to an aromatic ring is 1. The Labute approximate surface area is 207 Å². The fourth-order valence-electron chi connectivity index (χ4n) is 4.15. The van der Waals surface area contributed by atoms with Crippen molar-refractivity contribution in [1.82, 2.24) is 25.5 Å². The zero-order valence-electron chi connectivity index (χ0n) is 19.0. The highest BCUT2D eigenvalue weighted by Gasteiger charge is 2.22. The van der Waals surface area contributed by atoms with Crippen LogP contribution in [0.3, 0.4) is 0 Å². The number of benzene rings is 3. The topological polar surface area (TPSA) is 112 Å². The SMILES string of the molecule is Nc1n[nH]c2cc(-c3nc(C(Cc4ccccc4)NC(=O)CCc4ccccc4)[nH]c3Cl)ccc12. The Hall–Kier alpha value is -4.10. The van der Waals surface area contributed by atoms with Gasteiger partial charge >= 0.3 is 0 Å². The van der Waals surface area contributed by atoms with E-state index in [-0.39, 0.29) is 11.9 Å². The van der Waals surface area contributed by atoms with Crippen LogP contribution in [0, 0.1) is 0 Å². The molecule has 3 aromatic carbocycles. The van der Waals surface area contributed by atoms with E-state index in [2.05, 4.69) is 20.5 Å². The molecule has 7 nitrogen and oxygen atoms in total. The molecule has 5 rings (SSSR count). The number of aryl methyl sites for hydroxylation is 1. The van der Waals surface area contributed by atoms with Gasteiger partial charge in [-0.1, -0.05) is 78.3 Å². The highest BCUT2D eigenvalue weighted by Crippen LogP contribution is 2.31. The molecule has 0 aliphatic rings. The number of aromatic amines is 2. The van der Waals surface area contributed by atoms with E-state index in [0.717, 1.165) is 27.6 Å². The second kappa shape index (κ2) is 10.0. The van der Waals surface area contributed by atoms with Crippen LogP contribution < -0.4 is 11.1 Å². The zero-order valence-corrected chi connectivity index (χ0v) is 19.7. The quantitative estimate of drug-likeness (QED) is 0.242. The third-order valence-corrected chi connectivity index (χ3v) is 6.25. The standard InChI is InChI=1S/C27H25ClN6O/c28-25-24(19-12-13-20-21(16-19)33-34-26(20)29)31-27(32-25)22(15-18-9-5-2-6-10-18)30-23(35)14-11-17-7-3-1-4-8-17/h1-10,12-13,16,22H,11,14-15H2,(H,30,35)(H,31,32)(H3,29,33,34). The molecule has 1 unspecified atom stereocenters. The van der Waals surface area contributed by atoms with Crippen LogP contribution in [0.4, 0.5) is 5.82 Å². The van der Waals surface area contributed by atoms with Gasteiger partial charge in [0.25, 0.3) is 0 Å². The van der Waals surface area contributed by atoms with Gasteiger partial charge in [0.15, 0.2) is 5.82 Å². The van der Waals surface area contributed by atoms with E-state index in [4.69, 9.17) is 22.3 Å². The van der Waals surface area contributed by atoms with E-state index >= 15 is 0 Å². The molecule has 0 saturated heterocycles. The van der Waals surface area contributed by atoms with E-state index in [1.165, 1.54) is 0 Å². The Morgan fingerprint density at radius 3 is 2.46 bits per heavy atom. The van der Waals surface area contributed by atoms with Crippen LogP contribution in [0.2, 0.25) is 5.15 Å². The zero-order chi connectivity index (χ0) is 24.2. The van der Waals surface area contributed by atoms with Crippen molar-refractivity contribution in [2.45, 2.75) is 25.3 Å². The molecule has 0 aliphatic carbocycles. The van der Waals surface area contributed by atoms with E-state index in [1.54, 1.807) is 0 Å². The second-order valence-electron chi connectivity index (χ2n) is 8.45. The lowest BCUT2D eigenvalue weighted by Gasteiger charge is -2.17. The highest BCUT2D eigenvalue weighted by atomic mass is 35.5. The summed E-state index contributed by atoms with van der Waals surface area (Å²) in [5.74, 6) is 1.01. The van der Waals surface area contributed by atoms with E-state index in [9.17, 15) is 4.79 Å². The molecule has 35 heavy (non-hydrogen) atoms. The lowest BCUT2D eigenvalue weighted by atomic mass is 10.0. The molecule has 0 radical (unpaired) electrons. The number of rotatable bonds is 8. The van der Waals surface area contributed by atoms with Crippen LogP contribution in [0.5, 0.6) is 0 Å². The molecular weight excluding hydrogens is 460 g/mol. The van der Waals surface area contributed by atoms with Crippen molar-refractivity contribution < 1.29 is 4.79 Å². The highest BCUT2D eigenvalue weighted by molar-refractivity contribution is 6.32. The van der Waals surface area contributed by atoms with Crippen LogP contribution >= 0.6 is 11.6 Å². The molecule has 0 aliphatic heterocycles. The summed E-state index contributed by atoms with van der Waals surface area (Å²) in [5, 5.41) is 11.4. The van der Waals surface area contributed by atoms with Crippen molar-refractivity contribution in [3.63, 3.8) is 0 Å². The summed E-state index contributed by atoms with van der Waals surface area (Å²) in [4.78, 5) is 20.9. The molecule has 176 valence electrons. The predicted octanol–water partition coefficient (Wildman–Crippen LogP) is 5.22. The number of carbonyl (C=O) groups excluding carboxylic acids is 1. The normalized spacial score (nSPS) is 12.0. The first-order valence-electron chi connectivity index (χ1n) is 11.4. The number of amides is 1. The maximum Gasteiger partial charge on any atom is 0.220 e. The van der Waals surface area contributed by atoms with Gasteiger partial charge in [0.2, 0.25) is 5.91 Å². The van der Waals surface area contributed by atoms with Crippen LogP contribution in [0.25, 0.3) is 22.2 Å². The van der Waals surface area contributed by atoms with Gasteiger partial charge in [-0.25, -0.2) is 4.98 Å². The van der Waals surface area contributed by atoms with Gasteiger partial charge < -0.3 is 16.0 Å². The lowest BCUT2D eigenvalue weighted by Crippen LogP contribution is -2.31. The van der Waals surface area contributed by atoms with Gasteiger partial charge in [-0.3, -0.25) is 9.89 Å². The Balaban J connectivity index is 1.40. The van der Waals surface area contributed by atoms with Crippen molar-refractivity contribution in [1.29, 1.82) is 0 Å². The van der Waals surface area contributed by atoms with Crippen LogP contribution in [-0.4, -0.2) is 26.1 Å². The van der Waals surface area contributed by atoms with Gasteiger partial charge in [0.05, 0.1) is 11.6 Å². The van der Waals surface area contributed by atoms with Crippen molar-refractivity contribution in [2.75, 3.05) is 5.73 Å². The molecule has 2 heterocycles. The minimum absolute atomic E-state index is 0.0433. The smallest absolute Gasteiger partial charge is 0.220 e. The summed E-state index contributed by atoms with van der Waals surface area (Å²) in [6.45, 7) is 0. The summed E-state index contributed by atoms with van der Waals surface area (Å²) in [6.07, 6.45) is 1.63. The van der Waals surface area contributed by atoms with E-state index < -0.39 is 0 Å². The first kappa shape index (κ1) is 22.7. The Bertz CT molecular complexity index is 1440. The number of hydrogen-bond donors (Lipinski definition) is 4. The second-order valence-corrected chi connectivity index (χ2v) is 8.83. The molecular formula is C27H25ClN6O. The molecule has 5 aromatic rings. The number of H-pyrrole nitrogens is 2. The number of nitrogens with one attached hydrogen (secondary N) is 3. The molecule has 8 heteroatoms. The van der Waals surface area contributed by atoms with Crippen molar-refractivity contribution in [3.05, 3.63) is 101 Å². The van der Waals surface area contributed by atoms with Crippen LogP contribution in [0.1, 0.15) is 29.4 Å². The van der Waals surface area contributed by atoms with Gasteiger partial charge in [0, 0.05) is 17.4 Å². The molecule has 0 bridgehead atoms. The molecule has 1 atom stereocenters. The minimum Gasteiger partial charge on any atom is -0.382 e. The van der Waals surface area contributed by atoms with Gasteiger partial charge in [-0.2, -0.15) is 5.10 Å². The lowest BCUT2D eigenvalue weighted by molar-refractivity contribution is -0.121. The molecule has 0 fully saturated rings. The first-order chi connectivity index (χ1) is 17.1. The fraction of sp³-hybridized carbons (Fsp3) is 0.148. The summed E-state index contributed by atoms with van der Waals surface area (Å²) in [6, 6.07) is 25.3. The number of carbonyl (C=O) groups is 1. The number of fused-ring (bicyclic) bond motifs is 1. The first-order valence-corrected chi connectivity index (χ1v) is 11.8. The number of nitrogens with zero attached hydrogens (tertiary/aromatic N) is 2. The van der Waals surface area contributed by atoms with Crippen molar-refractivity contribution >= 4 is 34.2 Å². The maximum absolute atomic E-state index is 12.9. The monoisotopic (exact) mass is 484 g/mol. The van der Waals surface area contributed by atoms with Crippen molar-refractivity contribution in [3.8, 4) is 11.3 Å². The third-order valence-electron chi connectivity index (χ3n) is 5.98. The van der Waals surface area contributed by atoms with Gasteiger partial charge in [-0.15, -0.1) is 0 Å². The Morgan fingerprint density at radius 2 is 1.71 bits per heavy atom. The molecule has 5 N–H and O–H groups in total. The molecule has 2 aromatic heterocycles. The summed E-state index contributed by atoms with van der Waals surface area (Å²) in [7, 11) is 0. The molecule has 0 saturated carbocycles. The van der Waals surface area contributed by atoms with E-state index in [1.807, 2.05) is 78.9 Å². The number of nitrogens with two attached hydrogens (primary N) is 1. The fourth-order valence-corrected chi connectivity index (χ4v) is 4.40.